The molecule has 4 nitrogen and oxygen atoms in total. The Morgan fingerprint density at radius 2 is 2.16 bits per heavy atom. The van der Waals surface area contributed by atoms with Gasteiger partial charge in [-0.2, -0.15) is 0 Å². The van der Waals surface area contributed by atoms with E-state index in [1.54, 1.807) is 12.5 Å². The second-order valence-corrected chi connectivity index (χ2v) is 6.49. The fourth-order valence-corrected chi connectivity index (χ4v) is 4.01. The fourth-order valence-electron chi connectivity index (χ4n) is 2.85. The van der Waals surface area contributed by atoms with E-state index in [1.807, 2.05) is 17.8 Å². The molecule has 1 aliphatic carbocycles. The molecule has 1 aromatic heterocycles. The van der Waals surface area contributed by atoms with Crippen LogP contribution in [0.2, 0.25) is 0 Å². The first-order chi connectivity index (χ1) is 9.36. The molecule has 0 unspecified atom stereocenters. The van der Waals surface area contributed by atoms with Crippen molar-refractivity contribution in [2.24, 2.45) is 10.4 Å². The first kappa shape index (κ1) is 12.9. The van der Waals surface area contributed by atoms with Crippen LogP contribution in [-0.2, 0) is 6.54 Å². The Balaban J connectivity index is 1.53. The highest BCUT2D eigenvalue weighted by atomic mass is 32.2. The molecule has 1 fully saturated rings. The maximum Gasteiger partial charge on any atom is 0.156 e. The Labute approximate surface area is 118 Å². The number of amidine groups is 1. The summed E-state index contributed by atoms with van der Waals surface area (Å²) in [4.78, 5) is 12.9. The Kier molecular flexibility index (Phi) is 4.01. The van der Waals surface area contributed by atoms with E-state index in [-0.39, 0.29) is 0 Å². The zero-order chi connectivity index (χ0) is 13.0. The SMILES string of the molecule is c1cc(CNC2=NCC3(CCCCC3)CS2)ncn1. The van der Waals surface area contributed by atoms with E-state index >= 15 is 0 Å². The van der Waals surface area contributed by atoms with E-state index in [2.05, 4.69) is 15.3 Å². The maximum atomic E-state index is 4.75. The smallest absolute Gasteiger partial charge is 0.156 e. The van der Waals surface area contributed by atoms with Gasteiger partial charge in [-0.3, -0.25) is 4.99 Å². The van der Waals surface area contributed by atoms with Crippen molar-refractivity contribution >= 4 is 16.9 Å². The van der Waals surface area contributed by atoms with Gasteiger partial charge in [0, 0.05) is 18.5 Å². The summed E-state index contributed by atoms with van der Waals surface area (Å²) in [6, 6.07) is 1.93. The van der Waals surface area contributed by atoms with Crippen LogP contribution in [0.25, 0.3) is 0 Å². The number of aromatic nitrogens is 2. The Hall–Kier alpha value is -1.10. The van der Waals surface area contributed by atoms with E-state index in [0.29, 0.717) is 5.41 Å². The summed E-state index contributed by atoms with van der Waals surface area (Å²) >= 11 is 1.88. The Morgan fingerprint density at radius 3 is 2.84 bits per heavy atom. The summed E-state index contributed by atoms with van der Waals surface area (Å²) < 4.78 is 0. The summed E-state index contributed by atoms with van der Waals surface area (Å²) in [5, 5.41) is 4.46. The molecule has 1 aliphatic heterocycles. The molecule has 102 valence electrons. The number of thioether (sulfide) groups is 1. The number of hydrogen-bond donors (Lipinski definition) is 1. The molecular formula is C14H20N4S. The lowest BCUT2D eigenvalue weighted by Crippen LogP contribution is -2.36. The number of aliphatic imine (C=N–C) groups is 1. The zero-order valence-electron chi connectivity index (χ0n) is 11.1. The number of nitrogens with zero attached hydrogens (tertiary/aromatic N) is 3. The second kappa shape index (κ2) is 5.90. The lowest BCUT2D eigenvalue weighted by Gasteiger charge is -2.38. The van der Waals surface area contributed by atoms with E-state index in [1.165, 1.54) is 37.9 Å². The van der Waals surface area contributed by atoms with Crippen molar-refractivity contribution in [3.8, 4) is 0 Å². The fraction of sp³-hybridized carbons (Fsp3) is 0.643. The average Bonchev–Trinajstić information content (AvgIpc) is 2.49. The maximum absolute atomic E-state index is 4.75. The van der Waals surface area contributed by atoms with Gasteiger partial charge in [0.1, 0.15) is 6.33 Å². The van der Waals surface area contributed by atoms with Crippen LogP contribution in [0.3, 0.4) is 0 Å². The third-order valence-corrected chi connectivity index (χ3v) is 5.35. The zero-order valence-corrected chi connectivity index (χ0v) is 12.0. The largest absolute Gasteiger partial charge is 0.359 e. The van der Waals surface area contributed by atoms with Crippen LogP contribution >= 0.6 is 11.8 Å². The minimum Gasteiger partial charge on any atom is -0.359 e. The number of rotatable bonds is 2. The molecule has 0 bridgehead atoms. The van der Waals surface area contributed by atoms with Crippen LogP contribution in [0.15, 0.2) is 23.6 Å². The molecule has 1 saturated carbocycles. The summed E-state index contributed by atoms with van der Waals surface area (Å²) in [6.07, 6.45) is 10.3. The van der Waals surface area contributed by atoms with Crippen LogP contribution in [0.5, 0.6) is 0 Å². The monoisotopic (exact) mass is 276 g/mol. The lowest BCUT2D eigenvalue weighted by molar-refractivity contribution is 0.232. The summed E-state index contributed by atoms with van der Waals surface area (Å²) in [6.45, 7) is 1.74. The molecule has 0 aromatic carbocycles. The van der Waals surface area contributed by atoms with Crippen molar-refractivity contribution in [2.45, 2.75) is 38.6 Å². The summed E-state index contributed by atoms with van der Waals surface area (Å²) in [5.74, 6) is 1.22. The van der Waals surface area contributed by atoms with Gasteiger partial charge < -0.3 is 5.32 Å². The number of hydrogen-bond acceptors (Lipinski definition) is 5. The van der Waals surface area contributed by atoms with Crippen LogP contribution in [0.1, 0.15) is 37.8 Å². The Bertz CT molecular complexity index is 440. The van der Waals surface area contributed by atoms with Gasteiger partial charge in [0.05, 0.1) is 12.2 Å². The molecule has 3 rings (SSSR count). The molecule has 1 spiro atoms. The van der Waals surface area contributed by atoms with Gasteiger partial charge in [0.2, 0.25) is 0 Å². The topological polar surface area (TPSA) is 50.2 Å². The van der Waals surface area contributed by atoms with E-state index in [0.717, 1.165) is 24.0 Å². The number of nitrogens with one attached hydrogen (secondary N) is 1. The molecule has 0 amide bonds. The molecule has 1 N–H and O–H groups in total. The first-order valence-electron chi connectivity index (χ1n) is 7.02. The van der Waals surface area contributed by atoms with Gasteiger partial charge in [-0.05, 0) is 24.3 Å². The van der Waals surface area contributed by atoms with Gasteiger partial charge in [-0.25, -0.2) is 9.97 Å². The standard InChI is InChI=1S/C14H20N4S/c1-2-5-14(6-3-1)9-17-13(19-10-14)16-8-12-4-7-15-11-18-12/h4,7,11H,1-3,5-6,8-10H2,(H,16,17). The normalized spacial score (nSPS) is 22.0. The van der Waals surface area contributed by atoms with E-state index in [4.69, 9.17) is 4.99 Å². The van der Waals surface area contributed by atoms with Crippen molar-refractivity contribution in [2.75, 3.05) is 12.3 Å². The van der Waals surface area contributed by atoms with Crippen LogP contribution in [0, 0.1) is 5.41 Å². The molecule has 0 atom stereocenters. The molecule has 0 saturated heterocycles. The minimum atomic E-state index is 0.503. The van der Waals surface area contributed by atoms with Gasteiger partial charge >= 0.3 is 0 Å². The van der Waals surface area contributed by atoms with Crippen LogP contribution < -0.4 is 5.32 Å². The predicted molar refractivity (Wildman–Crippen MR) is 79.1 cm³/mol. The van der Waals surface area contributed by atoms with Gasteiger partial charge in [-0.1, -0.05) is 31.0 Å². The van der Waals surface area contributed by atoms with Crippen molar-refractivity contribution in [1.82, 2.24) is 15.3 Å². The molecular weight excluding hydrogens is 256 g/mol. The summed E-state index contributed by atoms with van der Waals surface area (Å²) in [7, 11) is 0. The molecule has 0 radical (unpaired) electrons. The van der Waals surface area contributed by atoms with Crippen LogP contribution in [0.4, 0.5) is 0 Å². The van der Waals surface area contributed by atoms with Crippen molar-refractivity contribution in [3.05, 3.63) is 24.3 Å². The quantitative estimate of drug-likeness (QED) is 0.902. The van der Waals surface area contributed by atoms with E-state index in [9.17, 15) is 0 Å². The highest BCUT2D eigenvalue weighted by molar-refractivity contribution is 8.13. The molecule has 1 aromatic rings. The van der Waals surface area contributed by atoms with Crippen molar-refractivity contribution in [1.29, 1.82) is 0 Å². The van der Waals surface area contributed by atoms with Crippen LogP contribution in [-0.4, -0.2) is 27.4 Å². The summed E-state index contributed by atoms with van der Waals surface area (Å²) in [5.41, 5.74) is 1.51. The van der Waals surface area contributed by atoms with Gasteiger partial charge in [0.25, 0.3) is 0 Å². The van der Waals surface area contributed by atoms with E-state index < -0.39 is 0 Å². The first-order valence-corrected chi connectivity index (χ1v) is 8.01. The van der Waals surface area contributed by atoms with Crippen molar-refractivity contribution in [3.63, 3.8) is 0 Å². The second-order valence-electron chi connectivity index (χ2n) is 5.52. The van der Waals surface area contributed by atoms with Crippen molar-refractivity contribution < 1.29 is 0 Å². The highest BCUT2D eigenvalue weighted by Crippen LogP contribution is 2.41. The lowest BCUT2D eigenvalue weighted by atomic mass is 9.75. The average molecular weight is 276 g/mol. The highest BCUT2D eigenvalue weighted by Gasteiger charge is 2.34. The molecule has 2 heterocycles. The molecule has 2 aliphatic rings. The Morgan fingerprint density at radius 1 is 1.26 bits per heavy atom. The third-order valence-electron chi connectivity index (χ3n) is 4.05. The van der Waals surface area contributed by atoms with Gasteiger partial charge in [0.15, 0.2) is 5.17 Å². The molecule has 19 heavy (non-hydrogen) atoms. The molecule has 5 heteroatoms. The minimum absolute atomic E-state index is 0.503. The predicted octanol–water partition coefficient (Wildman–Crippen LogP) is 2.62. The van der Waals surface area contributed by atoms with Gasteiger partial charge in [-0.15, -0.1) is 0 Å². The third kappa shape index (κ3) is 3.26.